The zero-order chi connectivity index (χ0) is 26.3. The Kier molecular flexibility index (Phi) is 7.18. The molecule has 4 rings (SSSR count). The first-order chi connectivity index (χ1) is 16.9. The summed E-state index contributed by atoms with van der Waals surface area (Å²) in [4.78, 5) is 16.3. The summed E-state index contributed by atoms with van der Waals surface area (Å²) >= 11 is 1.63. The molecule has 0 spiro atoms. The molecule has 1 aliphatic carbocycles. The summed E-state index contributed by atoms with van der Waals surface area (Å²) in [5.41, 5.74) is 1.32. The van der Waals surface area contributed by atoms with Gasteiger partial charge in [-0.3, -0.25) is 4.99 Å². The van der Waals surface area contributed by atoms with Gasteiger partial charge >= 0.3 is 12.1 Å². The van der Waals surface area contributed by atoms with Crippen molar-refractivity contribution in [2.45, 2.75) is 62.6 Å². The van der Waals surface area contributed by atoms with Crippen molar-refractivity contribution in [2.75, 3.05) is 13.7 Å². The van der Waals surface area contributed by atoms with Crippen molar-refractivity contribution in [3.63, 3.8) is 0 Å². The molecule has 36 heavy (non-hydrogen) atoms. The second kappa shape index (κ2) is 9.74. The number of fused-ring (bicyclic) bond motifs is 1. The van der Waals surface area contributed by atoms with E-state index < -0.39 is 23.8 Å². The number of thioether (sulfide) groups is 1. The number of benzene rings is 2. The first kappa shape index (κ1) is 26.5. The number of carbonyl (C=O) groups excluding carboxylic acids is 1. The lowest BCUT2D eigenvalue weighted by Crippen LogP contribution is -2.24. The standard InChI is InChI=1S/C27H30F3NO4S/c1-16(2)26-15-25(26,36-24(31-26)18-5-8-20(9-6-18)27(28,29)30)12-11-21(32)19-7-10-22(17(3)13-19)35-14-23(33)34-4/h5-10,13,16,21,32H,11-12,14-15H2,1-4H3. The molecule has 0 radical (unpaired) electrons. The molecular formula is C27H30F3NO4S. The zero-order valence-electron chi connectivity index (χ0n) is 20.7. The number of aryl methyl sites for hydroxylation is 1. The molecule has 3 atom stereocenters. The largest absolute Gasteiger partial charge is 0.482 e. The number of rotatable bonds is 9. The molecule has 0 amide bonds. The predicted molar refractivity (Wildman–Crippen MR) is 133 cm³/mol. The number of aliphatic imine (C=N–C) groups is 1. The summed E-state index contributed by atoms with van der Waals surface area (Å²) in [6.07, 6.45) is -2.91. The molecule has 0 saturated heterocycles. The van der Waals surface area contributed by atoms with E-state index in [1.54, 1.807) is 23.9 Å². The highest BCUT2D eigenvalue weighted by Crippen LogP contribution is 2.70. The van der Waals surface area contributed by atoms with Gasteiger partial charge in [0.05, 0.1) is 34.1 Å². The Morgan fingerprint density at radius 1 is 1.19 bits per heavy atom. The topological polar surface area (TPSA) is 68.1 Å². The van der Waals surface area contributed by atoms with Crippen LogP contribution in [0, 0.1) is 12.8 Å². The average Bonchev–Trinajstić information content (AvgIpc) is 3.36. The maximum absolute atomic E-state index is 13.0. The van der Waals surface area contributed by atoms with Crippen LogP contribution in [0.3, 0.4) is 0 Å². The van der Waals surface area contributed by atoms with Crippen LogP contribution in [-0.4, -0.2) is 40.1 Å². The average molecular weight is 522 g/mol. The first-order valence-corrected chi connectivity index (χ1v) is 12.7. The summed E-state index contributed by atoms with van der Waals surface area (Å²) in [6, 6.07) is 10.6. The van der Waals surface area contributed by atoms with Crippen LogP contribution in [0.25, 0.3) is 0 Å². The van der Waals surface area contributed by atoms with Crippen LogP contribution in [0.4, 0.5) is 13.2 Å². The number of alkyl halides is 3. The summed E-state index contributed by atoms with van der Waals surface area (Å²) < 4.78 is 48.8. The highest BCUT2D eigenvalue weighted by Gasteiger charge is 2.72. The molecule has 5 nitrogen and oxygen atoms in total. The van der Waals surface area contributed by atoms with Gasteiger partial charge in [0.15, 0.2) is 6.61 Å². The van der Waals surface area contributed by atoms with Crippen LogP contribution in [0.2, 0.25) is 0 Å². The van der Waals surface area contributed by atoms with Crippen molar-refractivity contribution in [3.8, 4) is 5.75 Å². The van der Waals surface area contributed by atoms with Gasteiger partial charge in [-0.25, -0.2) is 4.79 Å². The van der Waals surface area contributed by atoms with E-state index in [4.69, 9.17) is 9.73 Å². The molecule has 1 fully saturated rings. The van der Waals surface area contributed by atoms with Crippen LogP contribution >= 0.6 is 11.8 Å². The van der Waals surface area contributed by atoms with E-state index in [1.807, 2.05) is 13.0 Å². The van der Waals surface area contributed by atoms with E-state index in [2.05, 4.69) is 18.6 Å². The smallest absolute Gasteiger partial charge is 0.416 e. The number of esters is 1. The van der Waals surface area contributed by atoms with Gasteiger partial charge in [-0.05, 0) is 67.5 Å². The van der Waals surface area contributed by atoms with Crippen molar-refractivity contribution >= 4 is 22.8 Å². The van der Waals surface area contributed by atoms with E-state index >= 15 is 0 Å². The Morgan fingerprint density at radius 3 is 2.47 bits per heavy atom. The van der Waals surface area contributed by atoms with Gasteiger partial charge in [0.2, 0.25) is 0 Å². The highest BCUT2D eigenvalue weighted by atomic mass is 32.2. The lowest BCUT2D eigenvalue weighted by atomic mass is 9.95. The normalized spacial score (nSPS) is 23.8. The monoisotopic (exact) mass is 521 g/mol. The molecule has 2 aromatic rings. The number of carbonyl (C=O) groups is 1. The maximum Gasteiger partial charge on any atom is 0.416 e. The van der Waals surface area contributed by atoms with Gasteiger partial charge in [-0.2, -0.15) is 13.2 Å². The van der Waals surface area contributed by atoms with Crippen molar-refractivity contribution < 1.29 is 32.5 Å². The lowest BCUT2D eigenvalue weighted by Gasteiger charge is -2.21. The minimum atomic E-state index is -4.37. The van der Waals surface area contributed by atoms with Crippen LogP contribution in [-0.2, 0) is 15.7 Å². The Hall–Kier alpha value is -2.52. The molecule has 194 valence electrons. The third-order valence-electron chi connectivity index (χ3n) is 7.21. The van der Waals surface area contributed by atoms with Gasteiger partial charge in [0, 0.05) is 5.56 Å². The number of aliphatic hydroxyl groups is 1. The molecule has 1 N–H and O–H groups in total. The Labute approximate surface area is 213 Å². The van der Waals surface area contributed by atoms with Crippen LogP contribution < -0.4 is 4.74 Å². The number of aliphatic hydroxyl groups excluding tert-OH is 1. The van der Waals surface area contributed by atoms with Gasteiger partial charge < -0.3 is 14.6 Å². The highest BCUT2D eigenvalue weighted by molar-refractivity contribution is 8.16. The lowest BCUT2D eigenvalue weighted by molar-refractivity contribution is -0.143. The number of hydrogen-bond donors (Lipinski definition) is 1. The number of hydrogen-bond acceptors (Lipinski definition) is 6. The predicted octanol–water partition coefficient (Wildman–Crippen LogP) is 6.11. The van der Waals surface area contributed by atoms with Crippen LogP contribution in [0.5, 0.6) is 5.75 Å². The maximum atomic E-state index is 13.0. The minimum Gasteiger partial charge on any atom is -0.482 e. The molecule has 1 heterocycles. The van der Waals surface area contributed by atoms with Crippen molar-refractivity contribution in [3.05, 3.63) is 64.7 Å². The summed E-state index contributed by atoms with van der Waals surface area (Å²) in [5.74, 6) is 0.349. The molecule has 1 saturated carbocycles. The molecule has 0 bridgehead atoms. The number of ether oxygens (including phenoxy) is 2. The summed E-state index contributed by atoms with van der Waals surface area (Å²) in [5, 5.41) is 11.7. The van der Waals surface area contributed by atoms with Gasteiger partial charge in [0.1, 0.15) is 5.75 Å². The molecular weight excluding hydrogens is 491 g/mol. The van der Waals surface area contributed by atoms with E-state index in [0.29, 0.717) is 17.7 Å². The summed E-state index contributed by atoms with van der Waals surface area (Å²) in [6.45, 7) is 5.91. The third-order valence-corrected chi connectivity index (χ3v) is 8.82. The van der Waals surface area contributed by atoms with Crippen molar-refractivity contribution in [1.29, 1.82) is 0 Å². The zero-order valence-corrected chi connectivity index (χ0v) is 21.5. The van der Waals surface area contributed by atoms with Crippen LogP contribution in [0.15, 0.2) is 47.5 Å². The van der Waals surface area contributed by atoms with E-state index in [-0.39, 0.29) is 22.8 Å². The van der Waals surface area contributed by atoms with E-state index in [1.165, 1.54) is 19.2 Å². The fraction of sp³-hybridized carbons (Fsp3) is 0.481. The molecule has 2 aliphatic rings. The molecule has 9 heteroatoms. The molecule has 1 aliphatic heterocycles. The van der Waals surface area contributed by atoms with Crippen molar-refractivity contribution in [2.24, 2.45) is 10.9 Å². The third kappa shape index (κ3) is 5.00. The van der Waals surface area contributed by atoms with Gasteiger partial charge in [-0.15, -0.1) is 0 Å². The van der Waals surface area contributed by atoms with Crippen molar-refractivity contribution in [1.82, 2.24) is 0 Å². The SMILES string of the molecule is COC(=O)COc1ccc(C(O)CCC23CC2(C(C)C)N=C(c2ccc(C(F)(F)F)cc2)S3)cc1C. The fourth-order valence-electron chi connectivity index (χ4n) is 4.96. The molecule has 2 aromatic carbocycles. The quantitative estimate of drug-likeness (QED) is 0.403. The van der Waals surface area contributed by atoms with Crippen LogP contribution in [0.1, 0.15) is 61.5 Å². The number of nitrogens with zero attached hydrogens (tertiary/aromatic N) is 1. The molecule has 0 aromatic heterocycles. The number of methoxy groups -OCH3 is 1. The molecule has 3 unspecified atom stereocenters. The summed E-state index contributed by atoms with van der Waals surface area (Å²) in [7, 11) is 1.30. The van der Waals surface area contributed by atoms with E-state index in [0.717, 1.165) is 41.1 Å². The van der Waals surface area contributed by atoms with Gasteiger partial charge in [-0.1, -0.05) is 43.8 Å². The fourth-order valence-corrected chi connectivity index (χ4v) is 6.76. The Bertz CT molecular complexity index is 1160. The Morgan fingerprint density at radius 2 is 1.89 bits per heavy atom. The Balaban J connectivity index is 1.43. The minimum absolute atomic E-state index is 0.168. The van der Waals surface area contributed by atoms with E-state index in [9.17, 15) is 23.1 Å². The van der Waals surface area contributed by atoms with Gasteiger partial charge in [0.25, 0.3) is 0 Å². The first-order valence-electron chi connectivity index (χ1n) is 11.9. The number of halogens is 3. The second-order valence-electron chi connectivity index (χ2n) is 9.79. The second-order valence-corrected chi connectivity index (χ2v) is 11.2.